The molecular weight excluding hydrogens is 1830 g/mol. The molecule has 8 heterocycles. The van der Waals surface area contributed by atoms with Crippen LogP contribution in [-0.4, -0.2) is 13.0 Å². The van der Waals surface area contributed by atoms with E-state index in [4.69, 9.17) is 75.8 Å². The van der Waals surface area contributed by atoms with Gasteiger partial charge in [0.15, 0.2) is 5.75 Å². The Kier molecular flexibility index (Phi) is 30.7. The molecule has 0 saturated carbocycles. The van der Waals surface area contributed by atoms with E-state index in [1.165, 1.54) is 147 Å². The van der Waals surface area contributed by atoms with Gasteiger partial charge in [0.25, 0.3) is 35.3 Å². The second-order valence-corrected chi connectivity index (χ2v) is 42.3. The van der Waals surface area contributed by atoms with Gasteiger partial charge in [-0.15, -0.1) is 0 Å². The monoisotopic (exact) mass is 1960 g/mol. The molecule has 12 aromatic rings. The average molecular weight is 1960 g/mol. The summed E-state index contributed by atoms with van der Waals surface area (Å²) in [6, 6.07) is 67.0. The molecule has 8 atom stereocenters. The molecule has 1 aliphatic carbocycles. The van der Waals surface area contributed by atoms with Crippen LogP contribution < -0.4 is 75.8 Å². The number of hydrogen-bond donors (Lipinski definition) is 1. The van der Waals surface area contributed by atoms with Crippen LogP contribution in [0.2, 0.25) is 0 Å². The molecule has 0 amide bonds. The molecule has 0 saturated heterocycles. The Morgan fingerprint density at radius 3 is 0.590 bits per heavy atom. The van der Waals surface area contributed by atoms with Crippen molar-refractivity contribution < 1.29 is 88.8 Å². The van der Waals surface area contributed by atoms with Gasteiger partial charge in [0.1, 0.15) is 137 Å². The minimum absolute atomic E-state index is 0.0766. The summed E-state index contributed by atoms with van der Waals surface area (Å²) in [5, 5.41) is 0. The number of hydrogen-bond acceptors (Lipinski definition) is 18. The van der Waals surface area contributed by atoms with E-state index in [2.05, 4.69) is 76.2 Å². The van der Waals surface area contributed by atoms with Crippen LogP contribution in [0, 0.1) is 0 Å². The SMILES string of the molecule is CCCCCCCCCCCC1c2cc3c4cc2OC2Oc5cc6c(cc51)C(CCCCCCCCCCC)c1cc5c7cc1OC(O6)c1cc6cc(c1)Oc1ccc(S(=O)(=O)O)c(c1)Oc1cc8cc(c1)C(Oc1cc(c(cc1C5CCCCCCCCCCC)C3CCCCCCCCCCC)OC(O4)c1cc(cc(c1)Oc1cccc(c1)O8)Oc1cccc(c1)Oc1cc(cc2c1)Oc1cccc(c1)O6)O7. The van der Waals surface area contributed by atoms with Gasteiger partial charge in [0.2, 0.25) is 0 Å². The first-order valence-electron chi connectivity index (χ1n) is 54.2. The van der Waals surface area contributed by atoms with Crippen LogP contribution in [-0.2, 0) is 10.1 Å². The second-order valence-electron chi connectivity index (χ2n) is 40.9. The topological polar surface area (TPSA) is 202 Å². The van der Waals surface area contributed by atoms with Crippen LogP contribution in [0.25, 0.3) is 0 Å². The molecule has 9 aliphatic rings. The number of unbranched alkanes of at least 4 members (excludes halogenated alkanes) is 32. The summed E-state index contributed by atoms with van der Waals surface area (Å²) in [6.45, 7) is 9.13. The average Bonchev–Trinajstić information content (AvgIpc) is 0.724. The minimum Gasteiger partial charge on any atom is -0.457 e. The zero-order chi connectivity index (χ0) is 97.8. The second kappa shape index (κ2) is 45.3. The number of benzene rings is 12. The van der Waals surface area contributed by atoms with Gasteiger partial charge in [-0.1, -0.05) is 277 Å². The van der Waals surface area contributed by atoms with Gasteiger partial charge >= 0.3 is 0 Å². The number of fused-ring (bicyclic) bond motifs is 16. The number of rotatable bonds is 41. The molecule has 8 aliphatic heterocycles. The van der Waals surface area contributed by atoms with E-state index >= 15 is 0 Å². The fourth-order valence-corrected chi connectivity index (χ4v) is 23.2. The molecule has 20 heteroatoms. The van der Waals surface area contributed by atoms with Gasteiger partial charge < -0.3 is 75.8 Å². The van der Waals surface area contributed by atoms with Crippen molar-refractivity contribution in [3.63, 3.8) is 0 Å². The molecule has 1 N–H and O–H groups in total. The Labute approximate surface area is 848 Å². The highest BCUT2D eigenvalue weighted by Gasteiger charge is 2.43. The highest BCUT2D eigenvalue weighted by atomic mass is 32.2. The molecule has 752 valence electrons. The quantitative estimate of drug-likeness (QED) is 0.0280. The highest BCUT2D eigenvalue weighted by Crippen LogP contribution is 2.61. The molecule has 21 rings (SSSR count). The maximum Gasteiger partial charge on any atom is 0.298 e. The van der Waals surface area contributed by atoms with Crippen molar-refractivity contribution in [1.29, 1.82) is 0 Å². The molecule has 8 unspecified atom stereocenters. The van der Waals surface area contributed by atoms with Crippen LogP contribution in [0.5, 0.6) is 138 Å². The standard InChI is InChI=1S/C124H136O19S/c1-5-9-13-17-21-25-29-33-37-50-99-103-72-104-100(51-38-34-30-26-22-18-14-10-6-2)107-74-109-102(53-40-36-32-28-24-20-16-12-8-4)110-75-108-101(52-39-35-31-27-23-19-15-11-7-3)106-73-105(99)113-77-114(106)140-123-82-60-95-69-96(61-82)134-90-54-55-120(144(125,126)127)119(71-90)135-98-63-83-62-97(70-98)133-89-49-43-48-88(66-89)131-94-59-81-58-93(68-94)129-85-45-41-44-84(64-85)128-91-56-80(57-92(67-91)130-86-46-42-47-87(65-86)132-95)121(138-113)136-111(103)76-112(104)137-122(81)139-115(107)78-117(109)142-124(83)143-118(110)79-116(108)141-123/h41-49,54-79,99-102,121-124H,5-40,50-53H2,1-4H3,(H,125,126,127). The van der Waals surface area contributed by atoms with Crippen molar-refractivity contribution >= 4 is 10.1 Å². The highest BCUT2D eigenvalue weighted by molar-refractivity contribution is 7.86. The predicted octanol–water partition coefficient (Wildman–Crippen LogP) is 36.9. The van der Waals surface area contributed by atoms with Gasteiger partial charge in [0.05, 0.1) is 0 Å². The van der Waals surface area contributed by atoms with E-state index in [0.717, 1.165) is 154 Å². The van der Waals surface area contributed by atoms with Crippen LogP contribution >= 0.6 is 0 Å². The van der Waals surface area contributed by atoms with E-state index < -0.39 is 57.9 Å². The molecular formula is C124H136O19S. The van der Waals surface area contributed by atoms with Crippen molar-refractivity contribution in [2.75, 3.05) is 0 Å². The maximum atomic E-state index is 14.1. The van der Waals surface area contributed by atoms with Gasteiger partial charge in [-0.25, -0.2) is 0 Å². The molecule has 144 heavy (non-hydrogen) atoms. The summed E-state index contributed by atoms with van der Waals surface area (Å²) >= 11 is 0. The fraction of sp³-hybridized carbons (Fsp3) is 0.419. The smallest absolute Gasteiger partial charge is 0.298 e. The van der Waals surface area contributed by atoms with Crippen molar-refractivity contribution in [3.05, 3.63) is 279 Å². The number of ether oxygens (including phenoxy) is 16. The first-order chi connectivity index (χ1) is 70.7. The van der Waals surface area contributed by atoms with E-state index in [-0.39, 0.29) is 34.7 Å². The van der Waals surface area contributed by atoms with E-state index in [1.54, 1.807) is 24.3 Å². The first kappa shape index (κ1) is 97.4. The Morgan fingerprint density at radius 1 is 0.194 bits per heavy atom. The first-order valence-corrected chi connectivity index (χ1v) is 55.6. The zero-order valence-corrected chi connectivity index (χ0v) is 84.6. The Bertz CT molecular complexity index is 6300. The zero-order valence-electron chi connectivity index (χ0n) is 83.8. The van der Waals surface area contributed by atoms with Gasteiger partial charge in [0, 0.05) is 163 Å². The maximum absolute atomic E-state index is 14.1. The van der Waals surface area contributed by atoms with E-state index in [0.29, 0.717) is 151 Å². The van der Waals surface area contributed by atoms with Gasteiger partial charge in [-0.3, -0.25) is 4.55 Å². The van der Waals surface area contributed by atoms with Crippen LogP contribution in [0.1, 0.15) is 400 Å². The minimum atomic E-state index is -5.05. The van der Waals surface area contributed by atoms with Gasteiger partial charge in [-0.05, 0) is 147 Å². The van der Waals surface area contributed by atoms with Crippen molar-refractivity contribution in [3.8, 4) is 138 Å². The fourth-order valence-electron chi connectivity index (χ4n) is 22.6. The molecule has 0 radical (unpaired) electrons. The summed E-state index contributed by atoms with van der Waals surface area (Å²) in [5.74, 6) is 7.28. The largest absolute Gasteiger partial charge is 0.457 e. The molecule has 12 aromatic carbocycles. The summed E-state index contributed by atoms with van der Waals surface area (Å²) < 4.78 is 162. The lowest BCUT2D eigenvalue weighted by Gasteiger charge is -2.38. The summed E-state index contributed by atoms with van der Waals surface area (Å²) in [7, 11) is -5.05. The normalized spacial score (nSPS) is 18.1. The Balaban J connectivity index is 0.899. The third-order valence-electron chi connectivity index (χ3n) is 30.0. The third-order valence-corrected chi connectivity index (χ3v) is 30.9. The summed E-state index contributed by atoms with van der Waals surface area (Å²) in [6.07, 6.45) is 38.3. The van der Waals surface area contributed by atoms with Gasteiger partial charge in [-0.2, -0.15) is 8.42 Å². The van der Waals surface area contributed by atoms with Crippen molar-refractivity contribution in [2.45, 2.75) is 338 Å². The van der Waals surface area contributed by atoms with E-state index in [1.807, 2.05) is 121 Å². The summed E-state index contributed by atoms with van der Waals surface area (Å²) in [5.41, 5.74) is 9.66. The van der Waals surface area contributed by atoms with Crippen molar-refractivity contribution in [2.24, 2.45) is 0 Å². The lowest BCUT2D eigenvalue weighted by atomic mass is 9.76. The molecule has 0 spiro atoms. The molecule has 40 bridgehead atoms. The van der Waals surface area contributed by atoms with Crippen LogP contribution in [0.3, 0.4) is 0 Å². The predicted molar refractivity (Wildman–Crippen MR) is 558 cm³/mol. The molecule has 0 fully saturated rings. The lowest BCUT2D eigenvalue weighted by Crippen LogP contribution is -2.26. The molecule has 19 nitrogen and oxygen atoms in total. The van der Waals surface area contributed by atoms with Crippen molar-refractivity contribution in [1.82, 2.24) is 0 Å². The molecule has 0 aromatic heterocycles. The third kappa shape index (κ3) is 23.0. The Hall–Kier alpha value is -12.7. The lowest BCUT2D eigenvalue weighted by molar-refractivity contribution is -0.0123. The van der Waals surface area contributed by atoms with Crippen LogP contribution in [0.4, 0.5) is 0 Å². The van der Waals surface area contributed by atoms with Crippen LogP contribution in [0.15, 0.2) is 217 Å². The van der Waals surface area contributed by atoms with E-state index in [9.17, 15) is 13.0 Å². The summed E-state index contributed by atoms with van der Waals surface area (Å²) in [4.78, 5) is -0.547. The Morgan fingerprint density at radius 2 is 0.382 bits per heavy atom.